The monoisotopic (exact) mass is 176 g/mol. The predicted molar refractivity (Wildman–Crippen MR) is 48.2 cm³/mol. The van der Waals surface area contributed by atoms with E-state index >= 15 is 0 Å². The SMILES string of the molecule is CCCOC(CC)COCCO. The van der Waals surface area contributed by atoms with Gasteiger partial charge in [0.15, 0.2) is 0 Å². The van der Waals surface area contributed by atoms with E-state index in [0.717, 1.165) is 19.4 Å². The zero-order valence-corrected chi connectivity index (χ0v) is 8.08. The first-order valence-electron chi connectivity index (χ1n) is 4.65. The van der Waals surface area contributed by atoms with Crippen LogP contribution in [0.3, 0.4) is 0 Å². The van der Waals surface area contributed by atoms with Gasteiger partial charge in [0.2, 0.25) is 0 Å². The van der Waals surface area contributed by atoms with E-state index in [4.69, 9.17) is 14.6 Å². The van der Waals surface area contributed by atoms with E-state index in [0.29, 0.717) is 13.2 Å². The van der Waals surface area contributed by atoms with E-state index in [1.54, 1.807) is 0 Å². The Morgan fingerprint density at radius 2 is 2.00 bits per heavy atom. The molecule has 0 aromatic heterocycles. The third-order valence-corrected chi connectivity index (χ3v) is 1.55. The molecule has 0 rings (SSSR count). The Morgan fingerprint density at radius 1 is 1.25 bits per heavy atom. The smallest absolute Gasteiger partial charge is 0.0805 e. The summed E-state index contributed by atoms with van der Waals surface area (Å²) in [5.41, 5.74) is 0. The average molecular weight is 176 g/mol. The molecule has 74 valence electrons. The fourth-order valence-corrected chi connectivity index (χ4v) is 0.848. The van der Waals surface area contributed by atoms with Crippen LogP contribution in [0.2, 0.25) is 0 Å². The fraction of sp³-hybridized carbons (Fsp3) is 1.00. The molecule has 1 N–H and O–H groups in total. The molecule has 0 heterocycles. The minimum absolute atomic E-state index is 0.0875. The van der Waals surface area contributed by atoms with Crippen LogP contribution in [0.15, 0.2) is 0 Å². The van der Waals surface area contributed by atoms with Crippen LogP contribution < -0.4 is 0 Å². The topological polar surface area (TPSA) is 38.7 Å². The first-order valence-corrected chi connectivity index (χ1v) is 4.65. The highest BCUT2D eigenvalue weighted by Crippen LogP contribution is 1.99. The van der Waals surface area contributed by atoms with Gasteiger partial charge < -0.3 is 14.6 Å². The molecular formula is C9H20O3. The minimum atomic E-state index is 0.0875. The Balaban J connectivity index is 3.26. The molecule has 3 nitrogen and oxygen atoms in total. The molecule has 0 amide bonds. The highest BCUT2D eigenvalue weighted by atomic mass is 16.5. The van der Waals surface area contributed by atoms with Gasteiger partial charge in [-0.05, 0) is 12.8 Å². The lowest BCUT2D eigenvalue weighted by atomic mass is 10.3. The van der Waals surface area contributed by atoms with Crippen molar-refractivity contribution in [3.63, 3.8) is 0 Å². The van der Waals surface area contributed by atoms with Crippen molar-refractivity contribution in [2.75, 3.05) is 26.4 Å². The largest absolute Gasteiger partial charge is 0.394 e. The summed E-state index contributed by atoms with van der Waals surface area (Å²) in [5, 5.41) is 8.46. The van der Waals surface area contributed by atoms with Gasteiger partial charge in [-0.25, -0.2) is 0 Å². The maximum Gasteiger partial charge on any atom is 0.0805 e. The van der Waals surface area contributed by atoms with Crippen LogP contribution in [0.4, 0.5) is 0 Å². The minimum Gasteiger partial charge on any atom is -0.394 e. The second kappa shape index (κ2) is 8.97. The number of aliphatic hydroxyl groups is 1. The Labute approximate surface area is 74.7 Å². The zero-order chi connectivity index (χ0) is 9.23. The van der Waals surface area contributed by atoms with Gasteiger partial charge in [0.05, 0.1) is 25.9 Å². The lowest BCUT2D eigenvalue weighted by molar-refractivity contribution is -0.0248. The summed E-state index contributed by atoms with van der Waals surface area (Å²) in [7, 11) is 0. The fourth-order valence-electron chi connectivity index (χ4n) is 0.848. The standard InChI is InChI=1S/C9H20O3/c1-3-6-12-9(4-2)8-11-7-5-10/h9-10H,3-8H2,1-2H3. The molecule has 0 aromatic carbocycles. The average Bonchev–Trinajstić information content (AvgIpc) is 2.11. The number of rotatable bonds is 8. The molecule has 0 fully saturated rings. The summed E-state index contributed by atoms with van der Waals surface area (Å²) in [4.78, 5) is 0. The zero-order valence-electron chi connectivity index (χ0n) is 8.08. The molecule has 0 radical (unpaired) electrons. The van der Waals surface area contributed by atoms with Crippen molar-refractivity contribution in [1.29, 1.82) is 0 Å². The van der Waals surface area contributed by atoms with Crippen molar-refractivity contribution in [2.24, 2.45) is 0 Å². The van der Waals surface area contributed by atoms with E-state index in [2.05, 4.69) is 13.8 Å². The van der Waals surface area contributed by atoms with Crippen LogP contribution in [0.25, 0.3) is 0 Å². The van der Waals surface area contributed by atoms with Crippen LogP contribution in [-0.4, -0.2) is 37.6 Å². The lowest BCUT2D eigenvalue weighted by Gasteiger charge is -2.15. The second-order valence-corrected chi connectivity index (χ2v) is 2.70. The Hall–Kier alpha value is -0.120. The molecule has 0 saturated carbocycles. The van der Waals surface area contributed by atoms with E-state index in [9.17, 15) is 0 Å². The van der Waals surface area contributed by atoms with E-state index in [1.807, 2.05) is 0 Å². The molecule has 1 atom stereocenters. The number of ether oxygens (including phenoxy) is 2. The first-order chi connectivity index (χ1) is 5.85. The second-order valence-electron chi connectivity index (χ2n) is 2.70. The van der Waals surface area contributed by atoms with Crippen LogP contribution in [0, 0.1) is 0 Å². The molecule has 0 aliphatic heterocycles. The summed E-state index contributed by atoms with van der Waals surface area (Å²) in [6.45, 7) is 6.04. The third kappa shape index (κ3) is 6.58. The van der Waals surface area contributed by atoms with Gasteiger partial charge in [0.1, 0.15) is 0 Å². The Kier molecular flexibility index (Phi) is 8.88. The summed E-state index contributed by atoms with van der Waals surface area (Å²) in [5.74, 6) is 0. The van der Waals surface area contributed by atoms with Gasteiger partial charge in [-0.15, -0.1) is 0 Å². The molecule has 3 heteroatoms. The van der Waals surface area contributed by atoms with Crippen molar-refractivity contribution in [3.05, 3.63) is 0 Å². The molecule has 0 aliphatic rings. The summed E-state index contributed by atoms with van der Waals surface area (Å²) in [6, 6.07) is 0. The van der Waals surface area contributed by atoms with Crippen molar-refractivity contribution >= 4 is 0 Å². The van der Waals surface area contributed by atoms with Gasteiger partial charge in [-0.2, -0.15) is 0 Å². The van der Waals surface area contributed by atoms with Gasteiger partial charge in [-0.3, -0.25) is 0 Å². The van der Waals surface area contributed by atoms with Crippen molar-refractivity contribution in [1.82, 2.24) is 0 Å². The van der Waals surface area contributed by atoms with Crippen molar-refractivity contribution in [2.45, 2.75) is 32.8 Å². The molecule has 0 bridgehead atoms. The number of aliphatic hydroxyl groups excluding tert-OH is 1. The summed E-state index contributed by atoms with van der Waals surface area (Å²) in [6.07, 6.45) is 2.19. The molecule has 12 heavy (non-hydrogen) atoms. The molecule has 1 unspecified atom stereocenters. The van der Waals surface area contributed by atoms with Crippen LogP contribution >= 0.6 is 0 Å². The van der Waals surface area contributed by atoms with Crippen LogP contribution in [-0.2, 0) is 9.47 Å². The lowest BCUT2D eigenvalue weighted by Crippen LogP contribution is -2.20. The number of hydrogen-bond donors (Lipinski definition) is 1. The highest BCUT2D eigenvalue weighted by molar-refractivity contribution is 4.52. The summed E-state index contributed by atoms with van der Waals surface area (Å²) >= 11 is 0. The van der Waals surface area contributed by atoms with E-state index < -0.39 is 0 Å². The third-order valence-electron chi connectivity index (χ3n) is 1.55. The Bertz CT molecular complexity index is 85.8. The van der Waals surface area contributed by atoms with Crippen molar-refractivity contribution < 1.29 is 14.6 Å². The van der Waals surface area contributed by atoms with Gasteiger partial charge >= 0.3 is 0 Å². The molecule has 0 saturated heterocycles. The molecule has 0 aromatic rings. The van der Waals surface area contributed by atoms with Gasteiger partial charge in [-0.1, -0.05) is 13.8 Å². The summed E-state index contributed by atoms with van der Waals surface area (Å²) < 4.78 is 10.6. The van der Waals surface area contributed by atoms with Crippen LogP contribution in [0.5, 0.6) is 0 Å². The first kappa shape index (κ1) is 11.9. The maximum atomic E-state index is 8.46. The molecule has 0 aliphatic carbocycles. The Morgan fingerprint density at radius 3 is 2.50 bits per heavy atom. The van der Waals surface area contributed by atoms with Crippen LogP contribution in [0.1, 0.15) is 26.7 Å². The quantitative estimate of drug-likeness (QED) is 0.565. The highest BCUT2D eigenvalue weighted by Gasteiger charge is 2.04. The van der Waals surface area contributed by atoms with Gasteiger partial charge in [0.25, 0.3) is 0 Å². The van der Waals surface area contributed by atoms with Gasteiger partial charge in [0, 0.05) is 6.61 Å². The molecule has 0 spiro atoms. The predicted octanol–water partition coefficient (Wildman–Crippen LogP) is 1.20. The molecular weight excluding hydrogens is 156 g/mol. The maximum absolute atomic E-state index is 8.46. The van der Waals surface area contributed by atoms with Crippen molar-refractivity contribution in [3.8, 4) is 0 Å². The number of hydrogen-bond acceptors (Lipinski definition) is 3. The van der Waals surface area contributed by atoms with E-state index in [1.165, 1.54) is 0 Å². The normalized spacial score (nSPS) is 13.2. The van der Waals surface area contributed by atoms with E-state index in [-0.39, 0.29) is 12.7 Å².